The summed E-state index contributed by atoms with van der Waals surface area (Å²) >= 11 is 0. The highest BCUT2D eigenvalue weighted by Gasteiger charge is 2.08. The second-order valence-corrected chi connectivity index (χ2v) is 6.70. The SMILES string of the molecule is CCC(=O)c1ccn(-c2ccccc2)n1.CCC(O)c1ccn(-c2ccccc2)n1. The first kappa shape index (κ1) is 21.2. The molecular weight excluding hydrogens is 376 g/mol. The van der Waals surface area contributed by atoms with Crippen molar-refractivity contribution in [3.63, 3.8) is 0 Å². The van der Waals surface area contributed by atoms with Crippen molar-refractivity contribution in [3.05, 3.63) is 96.6 Å². The Hall–Kier alpha value is -3.51. The van der Waals surface area contributed by atoms with Crippen LogP contribution in [0.4, 0.5) is 0 Å². The van der Waals surface area contributed by atoms with E-state index in [-0.39, 0.29) is 5.78 Å². The molecule has 0 aliphatic rings. The number of ketones is 1. The highest BCUT2D eigenvalue weighted by atomic mass is 16.3. The lowest BCUT2D eigenvalue weighted by molar-refractivity contribution is 0.0983. The number of aromatic nitrogens is 4. The van der Waals surface area contributed by atoms with Crippen LogP contribution in [-0.2, 0) is 0 Å². The Kier molecular flexibility index (Phi) is 7.29. The monoisotopic (exact) mass is 402 g/mol. The van der Waals surface area contributed by atoms with Crippen LogP contribution in [0.5, 0.6) is 0 Å². The van der Waals surface area contributed by atoms with Crippen molar-refractivity contribution in [2.24, 2.45) is 0 Å². The van der Waals surface area contributed by atoms with E-state index in [1.54, 1.807) is 21.6 Å². The van der Waals surface area contributed by atoms with Gasteiger partial charge in [-0.1, -0.05) is 50.2 Å². The number of carbonyl (C=O) groups is 1. The molecule has 0 saturated carbocycles. The number of hydrogen-bond donors (Lipinski definition) is 1. The second-order valence-electron chi connectivity index (χ2n) is 6.70. The van der Waals surface area contributed by atoms with Gasteiger partial charge >= 0.3 is 0 Å². The molecule has 0 saturated heterocycles. The van der Waals surface area contributed by atoms with Gasteiger partial charge in [0.2, 0.25) is 0 Å². The van der Waals surface area contributed by atoms with Gasteiger partial charge in [0, 0.05) is 18.8 Å². The third-order valence-corrected chi connectivity index (χ3v) is 4.58. The topological polar surface area (TPSA) is 72.9 Å². The smallest absolute Gasteiger partial charge is 0.182 e. The molecule has 6 nitrogen and oxygen atoms in total. The van der Waals surface area contributed by atoms with Crippen molar-refractivity contribution in [1.29, 1.82) is 0 Å². The number of benzene rings is 2. The van der Waals surface area contributed by atoms with Crippen LogP contribution in [0.25, 0.3) is 11.4 Å². The fourth-order valence-corrected chi connectivity index (χ4v) is 2.83. The molecule has 0 amide bonds. The summed E-state index contributed by atoms with van der Waals surface area (Å²) in [6, 6.07) is 23.2. The highest BCUT2D eigenvalue weighted by molar-refractivity contribution is 5.93. The Balaban J connectivity index is 0.000000171. The molecule has 4 rings (SSSR count). The minimum Gasteiger partial charge on any atom is -0.387 e. The van der Waals surface area contributed by atoms with Gasteiger partial charge in [0.05, 0.1) is 23.2 Å². The maximum absolute atomic E-state index is 11.4. The van der Waals surface area contributed by atoms with Gasteiger partial charge in [-0.2, -0.15) is 10.2 Å². The van der Waals surface area contributed by atoms with E-state index in [1.807, 2.05) is 86.8 Å². The molecule has 30 heavy (non-hydrogen) atoms. The van der Waals surface area contributed by atoms with Gasteiger partial charge in [-0.15, -0.1) is 0 Å². The first-order valence-electron chi connectivity index (χ1n) is 10.1. The third kappa shape index (κ3) is 5.30. The summed E-state index contributed by atoms with van der Waals surface area (Å²) in [5.41, 5.74) is 3.22. The highest BCUT2D eigenvalue weighted by Crippen LogP contribution is 2.15. The first-order valence-corrected chi connectivity index (χ1v) is 10.1. The van der Waals surface area contributed by atoms with Gasteiger partial charge in [0.15, 0.2) is 5.78 Å². The van der Waals surface area contributed by atoms with E-state index in [4.69, 9.17) is 0 Å². The minimum atomic E-state index is -0.463. The second kappa shape index (κ2) is 10.3. The zero-order valence-corrected chi connectivity index (χ0v) is 17.2. The Morgan fingerprint density at radius 2 is 1.37 bits per heavy atom. The third-order valence-electron chi connectivity index (χ3n) is 4.58. The lowest BCUT2D eigenvalue weighted by Crippen LogP contribution is -2.00. The van der Waals surface area contributed by atoms with Gasteiger partial charge in [0.1, 0.15) is 5.69 Å². The lowest BCUT2D eigenvalue weighted by Gasteiger charge is -2.03. The molecule has 2 heterocycles. The van der Waals surface area contributed by atoms with Crippen molar-refractivity contribution < 1.29 is 9.90 Å². The molecule has 1 N–H and O–H groups in total. The number of rotatable bonds is 6. The van der Waals surface area contributed by atoms with E-state index in [1.165, 1.54) is 0 Å². The molecule has 2 aromatic heterocycles. The van der Waals surface area contributed by atoms with E-state index in [0.29, 0.717) is 18.5 Å². The maximum atomic E-state index is 11.4. The average molecular weight is 402 g/mol. The summed E-state index contributed by atoms with van der Waals surface area (Å²) in [7, 11) is 0. The Morgan fingerprint density at radius 3 is 1.90 bits per heavy atom. The Labute approximate surface area is 176 Å². The van der Waals surface area contributed by atoms with E-state index >= 15 is 0 Å². The van der Waals surface area contributed by atoms with Gasteiger partial charge in [-0.25, -0.2) is 9.36 Å². The van der Waals surface area contributed by atoms with Gasteiger partial charge < -0.3 is 5.11 Å². The number of para-hydroxylation sites is 2. The predicted molar refractivity (Wildman–Crippen MR) is 117 cm³/mol. The van der Waals surface area contributed by atoms with Crippen LogP contribution in [0.1, 0.15) is 49.0 Å². The minimum absolute atomic E-state index is 0.0738. The molecule has 0 aliphatic carbocycles. The summed E-state index contributed by atoms with van der Waals surface area (Å²) in [5.74, 6) is 0.0738. The van der Waals surface area contributed by atoms with Gasteiger partial charge in [-0.05, 0) is 42.8 Å². The number of hydrogen-bond acceptors (Lipinski definition) is 4. The van der Waals surface area contributed by atoms with Crippen LogP contribution in [-0.4, -0.2) is 30.5 Å². The quantitative estimate of drug-likeness (QED) is 0.471. The van der Waals surface area contributed by atoms with E-state index in [9.17, 15) is 9.90 Å². The fraction of sp³-hybridized carbons (Fsp3) is 0.208. The summed E-state index contributed by atoms with van der Waals surface area (Å²) in [5, 5.41) is 18.1. The van der Waals surface area contributed by atoms with Crippen molar-refractivity contribution >= 4 is 5.78 Å². The van der Waals surface area contributed by atoms with Crippen molar-refractivity contribution in [2.45, 2.75) is 32.8 Å². The number of aliphatic hydroxyl groups excluding tert-OH is 1. The van der Waals surface area contributed by atoms with E-state index < -0.39 is 6.10 Å². The summed E-state index contributed by atoms with van der Waals surface area (Å²) in [6.45, 7) is 3.77. The molecule has 1 atom stereocenters. The van der Waals surface area contributed by atoms with Crippen molar-refractivity contribution in [1.82, 2.24) is 19.6 Å². The van der Waals surface area contributed by atoms with Crippen LogP contribution >= 0.6 is 0 Å². The summed E-state index contributed by atoms with van der Waals surface area (Å²) < 4.78 is 3.48. The molecule has 4 aromatic rings. The van der Waals surface area contributed by atoms with Crippen molar-refractivity contribution in [2.75, 3.05) is 0 Å². The summed E-state index contributed by atoms with van der Waals surface area (Å²) in [4.78, 5) is 11.4. The first-order chi connectivity index (χ1) is 14.6. The number of nitrogens with zero attached hydrogens (tertiary/aromatic N) is 4. The maximum Gasteiger partial charge on any atom is 0.182 e. The molecule has 154 valence electrons. The molecule has 6 heteroatoms. The fourth-order valence-electron chi connectivity index (χ4n) is 2.83. The number of Topliss-reactive ketones (excluding diaryl/α,β-unsaturated/α-hetero) is 1. The molecule has 2 aromatic carbocycles. The number of aliphatic hydroxyl groups is 1. The Bertz CT molecular complexity index is 1060. The zero-order valence-electron chi connectivity index (χ0n) is 17.2. The Morgan fingerprint density at radius 1 is 0.833 bits per heavy atom. The van der Waals surface area contributed by atoms with Crippen LogP contribution in [0, 0.1) is 0 Å². The van der Waals surface area contributed by atoms with Crippen LogP contribution in [0.15, 0.2) is 85.2 Å². The molecule has 0 bridgehead atoms. The van der Waals surface area contributed by atoms with E-state index in [2.05, 4.69) is 10.2 Å². The average Bonchev–Trinajstić information content (AvgIpc) is 3.50. The predicted octanol–water partition coefficient (Wildman–Crippen LogP) is 4.78. The van der Waals surface area contributed by atoms with Gasteiger partial charge in [-0.3, -0.25) is 4.79 Å². The molecule has 0 fully saturated rings. The van der Waals surface area contributed by atoms with Gasteiger partial charge in [0.25, 0.3) is 0 Å². The van der Waals surface area contributed by atoms with Crippen LogP contribution in [0.2, 0.25) is 0 Å². The summed E-state index contributed by atoms with van der Waals surface area (Å²) in [6.07, 6.45) is 4.38. The lowest BCUT2D eigenvalue weighted by atomic mass is 10.2. The molecule has 0 aliphatic heterocycles. The van der Waals surface area contributed by atoms with Crippen LogP contribution in [0.3, 0.4) is 0 Å². The number of carbonyl (C=O) groups excluding carboxylic acids is 1. The molecule has 0 radical (unpaired) electrons. The zero-order chi connectivity index (χ0) is 21.3. The van der Waals surface area contributed by atoms with Crippen molar-refractivity contribution in [3.8, 4) is 11.4 Å². The normalized spacial score (nSPS) is 11.4. The molecular formula is C24H26N4O2. The molecule has 0 spiro atoms. The van der Waals surface area contributed by atoms with E-state index in [0.717, 1.165) is 17.1 Å². The van der Waals surface area contributed by atoms with Crippen LogP contribution < -0.4 is 0 Å². The molecule has 1 unspecified atom stereocenters. The standard InChI is InChI=1S/C12H14N2O.C12H12N2O/c2*1-2-12(15)11-8-9-14(13-11)10-6-4-3-5-7-10/h3-9,12,15H,2H2,1H3;3-9H,2H2,1H3. The largest absolute Gasteiger partial charge is 0.387 e.